The van der Waals surface area contributed by atoms with Gasteiger partial charge in [-0.3, -0.25) is 4.90 Å². The van der Waals surface area contributed by atoms with Gasteiger partial charge in [0.05, 0.1) is 16.7 Å². The van der Waals surface area contributed by atoms with E-state index in [0.717, 1.165) is 24.3 Å². The van der Waals surface area contributed by atoms with Crippen molar-refractivity contribution >= 4 is 45.1 Å². The molecule has 0 N–H and O–H groups in total. The lowest BCUT2D eigenvalue weighted by molar-refractivity contribution is 0.157. The molecule has 2 unspecified atom stereocenters. The van der Waals surface area contributed by atoms with Gasteiger partial charge >= 0.3 is 0 Å². The van der Waals surface area contributed by atoms with Gasteiger partial charge in [0.1, 0.15) is 11.5 Å². The van der Waals surface area contributed by atoms with Crippen molar-refractivity contribution in [3.05, 3.63) is 53.1 Å². The molecule has 1 aliphatic rings. The van der Waals surface area contributed by atoms with Crippen LogP contribution < -0.4 is 9.47 Å². The molecule has 2 aromatic carbocycles. The second-order valence-electron chi connectivity index (χ2n) is 9.48. The average molecular weight is 601 g/mol. The number of methoxy groups -OCH3 is 1. The van der Waals surface area contributed by atoms with Crippen LogP contribution >= 0.6 is 35.1 Å². The third kappa shape index (κ3) is 8.45. The number of hydrogen-bond acceptors (Lipinski definition) is 7. The first-order valence-corrected chi connectivity index (χ1v) is 17.0. The van der Waals surface area contributed by atoms with Gasteiger partial charge in [-0.1, -0.05) is 57.5 Å². The van der Waals surface area contributed by atoms with Gasteiger partial charge in [-0.15, -0.1) is 23.5 Å². The number of hydrogen-bond donors (Lipinski definition) is 0. The van der Waals surface area contributed by atoms with Crippen LogP contribution in [0, 0.1) is 0 Å². The lowest BCUT2D eigenvalue weighted by Crippen LogP contribution is -2.49. The van der Waals surface area contributed by atoms with Gasteiger partial charge in [0.2, 0.25) is 10.0 Å². The predicted molar refractivity (Wildman–Crippen MR) is 163 cm³/mol. The van der Waals surface area contributed by atoms with E-state index in [-0.39, 0.29) is 9.92 Å². The fourth-order valence-corrected chi connectivity index (χ4v) is 9.17. The van der Waals surface area contributed by atoms with E-state index in [1.165, 1.54) is 9.87 Å². The van der Waals surface area contributed by atoms with Crippen LogP contribution in [-0.4, -0.2) is 74.6 Å². The third-order valence-electron chi connectivity index (χ3n) is 6.77. The molecule has 0 aromatic heterocycles. The van der Waals surface area contributed by atoms with Crippen molar-refractivity contribution in [3.8, 4) is 11.5 Å². The van der Waals surface area contributed by atoms with Crippen LogP contribution in [0.4, 0.5) is 0 Å². The molecule has 2 atom stereocenters. The molecule has 0 amide bonds. The molecular formula is C28H41ClN2O4S3. The minimum absolute atomic E-state index is 0.168. The molecule has 3 rings (SSSR count). The molecule has 0 radical (unpaired) electrons. The van der Waals surface area contributed by atoms with E-state index in [4.69, 9.17) is 21.1 Å². The van der Waals surface area contributed by atoms with Crippen LogP contribution in [0.2, 0.25) is 5.02 Å². The number of thioether (sulfide) groups is 2. The first-order valence-electron chi connectivity index (χ1n) is 13.3. The molecule has 1 heterocycles. The van der Waals surface area contributed by atoms with Crippen LogP contribution in [-0.2, 0) is 10.0 Å². The summed E-state index contributed by atoms with van der Waals surface area (Å²) in [5, 5.41) is 1.42. The zero-order chi connectivity index (χ0) is 27.7. The normalized spacial score (nSPS) is 17.6. The van der Waals surface area contributed by atoms with Crippen LogP contribution in [0.5, 0.6) is 11.5 Å². The van der Waals surface area contributed by atoms with Crippen molar-refractivity contribution in [3.63, 3.8) is 0 Å². The average Bonchev–Trinajstić information content (AvgIpc) is 2.93. The Bertz CT molecular complexity index is 1110. The van der Waals surface area contributed by atoms with Gasteiger partial charge in [-0.05, 0) is 42.7 Å². The molecule has 0 aliphatic carbocycles. The molecule has 0 saturated carbocycles. The van der Waals surface area contributed by atoms with E-state index >= 15 is 0 Å². The molecule has 1 aliphatic heterocycles. The van der Waals surface area contributed by atoms with Crippen molar-refractivity contribution < 1.29 is 17.9 Å². The maximum atomic E-state index is 13.0. The molecule has 1 fully saturated rings. The predicted octanol–water partition coefficient (Wildman–Crippen LogP) is 6.80. The summed E-state index contributed by atoms with van der Waals surface area (Å²) in [6.45, 7) is 12.4. The topological polar surface area (TPSA) is 59.1 Å². The number of nitrogens with zero attached hydrogens (tertiary/aromatic N) is 2. The quantitative estimate of drug-likeness (QED) is 0.221. The molecule has 2 aromatic rings. The summed E-state index contributed by atoms with van der Waals surface area (Å²) in [5.41, 5.74) is 1.25. The van der Waals surface area contributed by atoms with E-state index in [0.29, 0.717) is 54.4 Å². The summed E-state index contributed by atoms with van der Waals surface area (Å²) < 4.78 is 39.7. The van der Waals surface area contributed by atoms with E-state index in [2.05, 4.69) is 44.7 Å². The molecule has 0 spiro atoms. The number of ether oxygens (including phenoxy) is 2. The molecular weight excluding hydrogens is 560 g/mol. The maximum absolute atomic E-state index is 13.0. The Hall–Kier alpha value is -1.10. The Labute approximate surface area is 242 Å². The van der Waals surface area contributed by atoms with Gasteiger partial charge in [0.25, 0.3) is 0 Å². The first kappa shape index (κ1) is 31.4. The van der Waals surface area contributed by atoms with E-state index < -0.39 is 10.0 Å². The molecule has 212 valence electrons. The Morgan fingerprint density at radius 1 is 0.947 bits per heavy atom. The highest BCUT2D eigenvalue weighted by molar-refractivity contribution is 8.16. The summed E-state index contributed by atoms with van der Waals surface area (Å²) in [6.07, 6.45) is 2.28. The standard InChI is InChI=1S/C28H41ClN2O4S3/c1-6-21(3)36-28(37-22(4)7-2)23-12-13-25(26(20-23)34-5)35-19-18-30-14-16-31(17-15-30)38(32,33)27-11-9-8-10-24(27)29/h8-13,20-22,28H,6-7,14-19H2,1-5H3. The lowest BCUT2D eigenvalue weighted by atomic mass is 10.2. The zero-order valence-corrected chi connectivity index (χ0v) is 26.3. The van der Waals surface area contributed by atoms with Crippen molar-refractivity contribution in [1.82, 2.24) is 9.21 Å². The monoisotopic (exact) mass is 600 g/mol. The summed E-state index contributed by atoms with van der Waals surface area (Å²) in [7, 11) is -1.91. The van der Waals surface area contributed by atoms with Crippen LogP contribution in [0.3, 0.4) is 0 Å². The second kappa shape index (κ2) is 15.1. The fraction of sp³-hybridized carbons (Fsp3) is 0.571. The second-order valence-corrected chi connectivity index (χ2v) is 15.2. The minimum Gasteiger partial charge on any atom is -0.493 e. The maximum Gasteiger partial charge on any atom is 0.244 e. The SMILES string of the molecule is CCC(C)SC(SC(C)CC)c1ccc(OCCN2CCN(S(=O)(=O)c3ccccc3Cl)CC2)c(OC)c1. The Kier molecular flexibility index (Phi) is 12.4. The minimum atomic E-state index is -3.60. The number of piperazine rings is 1. The molecule has 1 saturated heterocycles. The Morgan fingerprint density at radius 3 is 2.16 bits per heavy atom. The third-order valence-corrected chi connectivity index (χ3v) is 12.5. The van der Waals surface area contributed by atoms with Crippen molar-refractivity contribution in [2.75, 3.05) is 46.4 Å². The molecule has 10 heteroatoms. The van der Waals surface area contributed by atoms with E-state index in [9.17, 15) is 8.42 Å². The van der Waals surface area contributed by atoms with E-state index in [1.807, 2.05) is 29.6 Å². The van der Waals surface area contributed by atoms with Gasteiger partial charge < -0.3 is 9.47 Å². The van der Waals surface area contributed by atoms with E-state index in [1.54, 1.807) is 31.4 Å². The van der Waals surface area contributed by atoms with Crippen molar-refractivity contribution in [2.24, 2.45) is 0 Å². The summed E-state index contributed by atoms with van der Waals surface area (Å²) in [6, 6.07) is 12.9. The fourth-order valence-electron chi connectivity index (χ4n) is 4.02. The number of sulfonamides is 1. The lowest BCUT2D eigenvalue weighted by Gasteiger charge is -2.34. The number of rotatable bonds is 14. The van der Waals surface area contributed by atoms with Crippen LogP contribution in [0.25, 0.3) is 0 Å². The summed E-state index contributed by atoms with van der Waals surface area (Å²) >= 11 is 10.2. The highest BCUT2D eigenvalue weighted by atomic mass is 35.5. The molecule has 6 nitrogen and oxygen atoms in total. The number of halogens is 1. The Morgan fingerprint density at radius 2 is 1.58 bits per heavy atom. The highest BCUT2D eigenvalue weighted by Gasteiger charge is 2.30. The largest absolute Gasteiger partial charge is 0.493 e. The molecule has 38 heavy (non-hydrogen) atoms. The van der Waals surface area contributed by atoms with Crippen molar-refractivity contribution in [2.45, 2.75) is 60.5 Å². The smallest absolute Gasteiger partial charge is 0.244 e. The van der Waals surface area contributed by atoms with Crippen LogP contribution in [0.1, 0.15) is 50.7 Å². The van der Waals surface area contributed by atoms with Crippen molar-refractivity contribution in [1.29, 1.82) is 0 Å². The van der Waals surface area contributed by atoms with Gasteiger partial charge in [0, 0.05) is 43.2 Å². The molecule has 0 bridgehead atoms. The first-order chi connectivity index (χ1) is 18.2. The van der Waals surface area contributed by atoms with Gasteiger partial charge in [-0.25, -0.2) is 8.42 Å². The Balaban J connectivity index is 1.56. The van der Waals surface area contributed by atoms with Gasteiger partial charge in [-0.2, -0.15) is 4.31 Å². The number of benzene rings is 2. The summed E-state index contributed by atoms with van der Waals surface area (Å²) in [5.74, 6) is 1.48. The summed E-state index contributed by atoms with van der Waals surface area (Å²) in [4.78, 5) is 2.39. The zero-order valence-electron chi connectivity index (χ0n) is 23.1. The van der Waals surface area contributed by atoms with Crippen LogP contribution in [0.15, 0.2) is 47.4 Å². The highest BCUT2D eigenvalue weighted by Crippen LogP contribution is 2.46. The van der Waals surface area contributed by atoms with Gasteiger partial charge in [0.15, 0.2) is 11.5 Å².